The van der Waals surface area contributed by atoms with Crippen molar-refractivity contribution >= 4 is 17.9 Å². The number of fused-ring (bicyclic) bond motifs is 1. The number of carboxylic acids is 1. The van der Waals surface area contributed by atoms with E-state index in [9.17, 15) is 14.4 Å². The fourth-order valence-electron chi connectivity index (χ4n) is 3.06. The summed E-state index contributed by atoms with van der Waals surface area (Å²) in [5, 5.41) is 13.9. The second kappa shape index (κ2) is 5.55. The normalized spacial score (nSPS) is 25.7. The second-order valence-corrected chi connectivity index (χ2v) is 4.91. The molecule has 2 atom stereocenters. The number of carbonyl (C=O) groups excluding carboxylic acids is 2. The summed E-state index contributed by atoms with van der Waals surface area (Å²) >= 11 is 0. The molecular weight excluding hydrogens is 272 g/mol. The molecule has 3 N–H and O–H groups in total. The standard InChI is InChI=1S/C13H12N2O4.C2H6/c16-10(17)5-9-8-4-2-1-3-7(8)6-13(9)11(18)14-12(19)15-13;1-2/h1-4,9H,5-6H2,(H,16,17)(H2,14,15,18,19);1-2H3. The molecule has 112 valence electrons. The van der Waals surface area contributed by atoms with E-state index in [1.165, 1.54) is 0 Å². The van der Waals surface area contributed by atoms with Crippen LogP contribution in [0.5, 0.6) is 0 Å². The number of hydrogen-bond donors (Lipinski definition) is 3. The van der Waals surface area contributed by atoms with Crippen LogP contribution in [0.2, 0.25) is 0 Å². The number of amides is 3. The third-order valence-corrected chi connectivity index (χ3v) is 3.84. The number of nitrogens with one attached hydrogen (secondary N) is 2. The van der Waals surface area contributed by atoms with Gasteiger partial charge in [-0.05, 0) is 11.1 Å². The molecule has 6 nitrogen and oxygen atoms in total. The van der Waals surface area contributed by atoms with Gasteiger partial charge in [0.15, 0.2) is 0 Å². The summed E-state index contributed by atoms with van der Waals surface area (Å²) in [5.74, 6) is -1.97. The van der Waals surface area contributed by atoms with Crippen molar-refractivity contribution in [1.29, 1.82) is 0 Å². The first-order chi connectivity index (χ1) is 10.0. The van der Waals surface area contributed by atoms with E-state index in [4.69, 9.17) is 5.11 Å². The Morgan fingerprint density at radius 3 is 2.57 bits per heavy atom. The minimum absolute atomic E-state index is 0.190. The number of carbonyl (C=O) groups is 3. The minimum Gasteiger partial charge on any atom is -0.481 e. The van der Waals surface area contributed by atoms with Gasteiger partial charge in [-0.1, -0.05) is 38.1 Å². The lowest BCUT2D eigenvalue weighted by atomic mass is 9.82. The van der Waals surface area contributed by atoms with E-state index >= 15 is 0 Å². The first kappa shape index (κ1) is 15.0. The molecule has 1 fully saturated rings. The summed E-state index contributed by atoms with van der Waals surface area (Å²) in [4.78, 5) is 34.5. The molecule has 0 saturated carbocycles. The monoisotopic (exact) mass is 290 g/mol. The van der Waals surface area contributed by atoms with Crippen LogP contribution >= 0.6 is 0 Å². The highest BCUT2D eigenvalue weighted by Gasteiger charge is 2.56. The number of imide groups is 1. The maximum atomic E-state index is 12.1. The minimum atomic E-state index is -1.15. The highest BCUT2D eigenvalue weighted by Crippen LogP contribution is 2.44. The molecule has 2 aliphatic rings. The molecule has 3 rings (SSSR count). The fraction of sp³-hybridized carbons (Fsp3) is 0.400. The van der Waals surface area contributed by atoms with E-state index in [0.717, 1.165) is 11.1 Å². The molecule has 1 aliphatic heterocycles. The van der Waals surface area contributed by atoms with Crippen molar-refractivity contribution in [2.24, 2.45) is 0 Å². The molecule has 1 aliphatic carbocycles. The molecule has 21 heavy (non-hydrogen) atoms. The summed E-state index contributed by atoms with van der Waals surface area (Å²) < 4.78 is 0. The Labute approximate surface area is 122 Å². The van der Waals surface area contributed by atoms with Crippen LogP contribution in [0.1, 0.15) is 37.3 Å². The van der Waals surface area contributed by atoms with Gasteiger partial charge in [0.1, 0.15) is 5.54 Å². The third kappa shape index (κ3) is 2.37. The molecule has 1 spiro atoms. The Bertz CT molecular complexity index is 599. The predicted molar refractivity (Wildman–Crippen MR) is 75.9 cm³/mol. The molecule has 3 amide bonds. The van der Waals surface area contributed by atoms with E-state index < -0.39 is 29.4 Å². The summed E-state index contributed by atoms with van der Waals surface area (Å²) in [5.41, 5.74) is 0.576. The largest absolute Gasteiger partial charge is 0.481 e. The Morgan fingerprint density at radius 1 is 1.33 bits per heavy atom. The van der Waals surface area contributed by atoms with E-state index in [2.05, 4.69) is 10.6 Å². The molecule has 0 aromatic heterocycles. The highest BCUT2D eigenvalue weighted by atomic mass is 16.4. The quantitative estimate of drug-likeness (QED) is 0.717. The highest BCUT2D eigenvalue weighted by molar-refractivity contribution is 6.08. The van der Waals surface area contributed by atoms with Crippen LogP contribution in [0.3, 0.4) is 0 Å². The van der Waals surface area contributed by atoms with Gasteiger partial charge in [0.2, 0.25) is 0 Å². The van der Waals surface area contributed by atoms with Gasteiger partial charge in [-0.15, -0.1) is 0 Å². The zero-order chi connectivity index (χ0) is 15.6. The van der Waals surface area contributed by atoms with Crippen LogP contribution in [0.15, 0.2) is 24.3 Å². The maximum absolute atomic E-state index is 12.1. The fourth-order valence-corrected chi connectivity index (χ4v) is 3.06. The molecule has 2 unspecified atom stereocenters. The molecule has 1 aromatic rings. The average molecular weight is 290 g/mol. The van der Waals surface area contributed by atoms with Crippen molar-refractivity contribution in [3.05, 3.63) is 35.4 Å². The van der Waals surface area contributed by atoms with E-state index in [1.54, 1.807) is 6.07 Å². The van der Waals surface area contributed by atoms with E-state index in [1.807, 2.05) is 32.0 Å². The molecule has 0 radical (unpaired) electrons. The number of urea groups is 1. The van der Waals surface area contributed by atoms with Crippen LogP contribution in [0, 0.1) is 0 Å². The average Bonchev–Trinajstić information content (AvgIpc) is 2.90. The van der Waals surface area contributed by atoms with Gasteiger partial charge < -0.3 is 10.4 Å². The summed E-state index contributed by atoms with van der Waals surface area (Å²) in [6.07, 6.45) is 0.142. The van der Waals surface area contributed by atoms with Crippen molar-refractivity contribution in [3.8, 4) is 0 Å². The lowest BCUT2D eigenvalue weighted by Gasteiger charge is -2.27. The Kier molecular flexibility index (Phi) is 3.97. The smallest absolute Gasteiger partial charge is 0.322 e. The van der Waals surface area contributed by atoms with Crippen LogP contribution in [0.4, 0.5) is 4.79 Å². The third-order valence-electron chi connectivity index (χ3n) is 3.84. The van der Waals surface area contributed by atoms with Gasteiger partial charge in [-0.25, -0.2) is 4.79 Å². The van der Waals surface area contributed by atoms with Crippen LogP contribution in [-0.4, -0.2) is 28.6 Å². The first-order valence-electron chi connectivity index (χ1n) is 6.96. The molecule has 1 saturated heterocycles. The second-order valence-electron chi connectivity index (χ2n) is 4.91. The van der Waals surface area contributed by atoms with Crippen LogP contribution in [0.25, 0.3) is 0 Å². The number of rotatable bonds is 2. The van der Waals surface area contributed by atoms with E-state index in [-0.39, 0.29) is 6.42 Å². The summed E-state index contributed by atoms with van der Waals surface area (Å²) in [6.45, 7) is 4.00. The van der Waals surface area contributed by atoms with Crippen molar-refractivity contribution in [1.82, 2.24) is 10.6 Å². The van der Waals surface area contributed by atoms with Gasteiger partial charge >= 0.3 is 12.0 Å². The van der Waals surface area contributed by atoms with Crippen molar-refractivity contribution in [3.63, 3.8) is 0 Å². The topological polar surface area (TPSA) is 95.5 Å². The Balaban J connectivity index is 0.000000774. The van der Waals surface area contributed by atoms with Gasteiger partial charge in [0, 0.05) is 12.3 Å². The molecule has 1 aromatic carbocycles. The molecular formula is C15H18N2O4. The van der Waals surface area contributed by atoms with Crippen LogP contribution in [-0.2, 0) is 16.0 Å². The molecule has 1 heterocycles. The number of hydrogen-bond acceptors (Lipinski definition) is 3. The number of benzene rings is 1. The van der Waals surface area contributed by atoms with Gasteiger partial charge in [0.05, 0.1) is 6.42 Å². The number of carboxylic acid groups (broad SMARTS) is 1. The van der Waals surface area contributed by atoms with E-state index in [0.29, 0.717) is 6.42 Å². The van der Waals surface area contributed by atoms with Crippen molar-refractivity contribution in [2.45, 2.75) is 38.1 Å². The van der Waals surface area contributed by atoms with Crippen molar-refractivity contribution in [2.75, 3.05) is 0 Å². The Morgan fingerprint density at radius 2 is 2.00 bits per heavy atom. The SMILES string of the molecule is CC.O=C(O)CC1c2ccccc2CC12NC(=O)NC2=O. The predicted octanol–water partition coefficient (Wildman–Crippen LogP) is 1.41. The zero-order valence-corrected chi connectivity index (χ0v) is 12.0. The first-order valence-corrected chi connectivity index (χ1v) is 6.96. The van der Waals surface area contributed by atoms with Gasteiger partial charge in [-0.2, -0.15) is 0 Å². The van der Waals surface area contributed by atoms with Crippen molar-refractivity contribution < 1.29 is 19.5 Å². The Hall–Kier alpha value is -2.37. The van der Waals surface area contributed by atoms with Crippen LogP contribution < -0.4 is 10.6 Å². The lowest BCUT2D eigenvalue weighted by Crippen LogP contribution is -2.51. The number of aliphatic carboxylic acids is 1. The molecule has 0 bridgehead atoms. The van der Waals surface area contributed by atoms with Gasteiger partial charge in [-0.3, -0.25) is 14.9 Å². The van der Waals surface area contributed by atoms with Gasteiger partial charge in [0.25, 0.3) is 5.91 Å². The maximum Gasteiger partial charge on any atom is 0.322 e. The lowest BCUT2D eigenvalue weighted by molar-refractivity contribution is -0.138. The zero-order valence-electron chi connectivity index (χ0n) is 12.0. The summed E-state index contributed by atoms with van der Waals surface area (Å²) in [6, 6.07) is 6.76. The summed E-state index contributed by atoms with van der Waals surface area (Å²) in [7, 11) is 0. The molecule has 6 heteroatoms.